The SMILES string of the molecule is C=CC(=O)NCCCCC(NC(=O)O)C(=O)N1CCN(C(=O)c2cccnc2)CC1. The molecule has 0 aromatic carbocycles. The zero-order valence-electron chi connectivity index (χ0n) is 16.7. The molecule has 0 saturated carbocycles. The van der Waals surface area contributed by atoms with Crippen molar-refractivity contribution in [3.05, 3.63) is 42.7 Å². The number of nitrogens with one attached hydrogen (secondary N) is 2. The molecule has 1 aliphatic rings. The van der Waals surface area contributed by atoms with E-state index < -0.39 is 12.1 Å². The maximum absolute atomic E-state index is 12.8. The molecule has 10 heteroatoms. The number of aromatic nitrogens is 1. The first-order valence-electron chi connectivity index (χ1n) is 9.80. The van der Waals surface area contributed by atoms with Gasteiger partial charge in [-0.25, -0.2) is 4.79 Å². The molecular formula is C20H27N5O5. The van der Waals surface area contributed by atoms with Crippen LogP contribution >= 0.6 is 0 Å². The highest BCUT2D eigenvalue weighted by Gasteiger charge is 2.30. The van der Waals surface area contributed by atoms with Crippen LogP contribution in [0.25, 0.3) is 0 Å². The molecule has 1 unspecified atom stereocenters. The van der Waals surface area contributed by atoms with E-state index in [1.807, 2.05) is 0 Å². The number of hydrogen-bond donors (Lipinski definition) is 3. The molecule has 1 atom stereocenters. The third kappa shape index (κ3) is 6.87. The van der Waals surface area contributed by atoms with Gasteiger partial charge in [-0.15, -0.1) is 0 Å². The number of carbonyl (C=O) groups excluding carboxylic acids is 3. The van der Waals surface area contributed by atoms with Crippen LogP contribution in [0.2, 0.25) is 0 Å². The minimum Gasteiger partial charge on any atom is -0.465 e. The number of carbonyl (C=O) groups is 4. The number of rotatable bonds is 9. The van der Waals surface area contributed by atoms with Gasteiger partial charge >= 0.3 is 6.09 Å². The Morgan fingerprint density at radius 1 is 1.17 bits per heavy atom. The second-order valence-corrected chi connectivity index (χ2v) is 6.85. The van der Waals surface area contributed by atoms with Crippen molar-refractivity contribution >= 4 is 23.8 Å². The Labute approximate surface area is 174 Å². The van der Waals surface area contributed by atoms with Crippen LogP contribution < -0.4 is 10.6 Å². The fourth-order valence-electron chi connectivity index (χ4n) is 3.19. The van der Waals surface area contributed by atoms with Crippen LogP contribution in [0.1, 0.15) is 29.6 Å². The molecule has 1 aromatic rings. The maximum atomic E-state index is 12.8. The topological polar surface area (TPSA) is 132 Å². The molecule has 30 heavy (non-hydrogen) atoms. The number of pyridine rings is 1. The van der Waals surface area contributed by atoms with E-state index in [1.165, 1.54) is 12.3 Å². The van der Waals surface area contributed by atoms with Crippen molar-refractivity contribution < 1.29 is 24.3 Å². The lowest BCUT2D eigenvalue weighted by atomic mass is 10.1. The molecule has 0 radical (unpaired) electrons. The van der Waals surface area contributed by atoms with Crippen LogP contribution in [0.15, 0.2) is 37.2 Å². The van der Waals surface area contributed by atoms with Crippen LogP contribution in [-0.2, 0) is 9.59 Å². The van der Waals surface area contributed by atoms with Gasteiger partial charge in [0.1, 0.15) is 6.04 Å². The van der Waals surface area contributed by atoms with Gasteiger partial charge in [0.2, 0.25) is 11.8 Å². The van der Waals surface area contributed by atoms with Crippen molar-refractivity contribution in [1.82, 2.24) is 25.4 Å². The van der Waals surface area contributed by atoms with Crippen LogP contribution in [0, 0.1) is 0 Å². The quantitative estimate of drug-likeness (QED) is 0.395. The molecule has 2 heterocycles. The van der Waals surface area contributed by atoms with Gasteiger partial charge in [-0.1, -0.05) is 6.58 Å². The molecule has 3 N–H and O–H groups in total. The summed E-state index contributed by atoms with van der Waals surface area (Å²) in [6.07, 6.45) is 4.51. The summed E-state index contributed by atoms with van der Waals surface area (Å²) in [6, 6.07) is 2.52. The first kappa shape index (κ1) is 22.9. The van der Waals surface area contributed by atoms with Gasteiger partial charge < -0.3 is 25.5 Å². The summed E-state index contributed by atoms with van der Waals surface area (Å²) in [7, 11) is 0. The zero-order chi connectivity index (χ0) is 21.9. The Morgan fingerprint density at radius 3 is 2.47 bits per heavy atom. The summed E-state index contributed by atoms with van der Waals surface area (Å²) in [5.74, 6) is -0.719. The van der Waals surface area contributed by atoms with E-state index >= 15 is 0 Å². The Morgan fingerprint density at radius 2 is 1.87 bits per heavy atom. The summed E-state index contributed by atoms with van der Waals surface area (Å²) in [6.45, 7) is 5.19. The fourth-order valence-corrected chi connectivity index (χ4v) is 3.19. The number of hydrogen-bond acceptors (Lipinski definition) is 5. The lowest BCUT2D eigenvalue weighted by Crippen LogP contribution is -2.55. The molecule has 4 amide bonds. The number of carboxylic acid groups (broad SMARTS) is 1. The van der Waals surface area contributed by atoms with E-state index in [0.717, 1.165) is 0 Å². The highest BCUT2D eigenvalue weighted by atomic mass is 16.4. The van der Waals surface area contributed by atoms with E-state index in [0.29, 0.717) is 57.5 Å². The number of amides is 4. The largest absolute Gasteiger partial charge is 0.465 e. The monoisotopic (exact) mass is 417 g/mol. The Balaban J connectivity index is 1.84. The zero-order valence-corrected chi connectivity index (χ0v) is 16.7. The van der Waals surface area contributed by atoms with Gasteiger partial charge in [-0.05, 0) is 37.5 Å². The van der Waals surface area contributed by atoms with E-state index in [-0.39, 0.29) is 17.7 Å². The summed E-state index contributed by atoms with van der Waals surface area (Å²) in [5, 5.41) is 14.0. The first-order chi connectivity index (χ1) is 14.4. The van der Waals surface area contributed by atoms with Gasteiger partial charge in [0.25, 0.3) is 5.91 Å². The van der Waals surface area contributed by atoms with Crippen molar-refractivity contribution in [3.8, 4) is 0 Å². The van der Waals surface area contributed by atoms with Gasteiger partial charge in [0, 0.05) is 45.1 Å². The summed E-state index contributed by atoms with van der Waals surface area (Å²) in [5.41, 5.74) is 0.492. The normalized spacial score (nSPS) is 14.5. The summed E-state index contributed by atoms with van der Waals surface area (Å²) in [4.78, 5) is 54.7. The van der Waals surface area contributed by atoms with Crippen molar-refractivity contribution in [1.29, 1.82) is 0 Å². The minimum absolute atomic E-state index is 0.142. The molecule has 1 aromatic heterocycles. The van der Waals surface area contributed by atoms with E-state index in [2.05, 4.69) is 22.2 Å². The van der Waals surface area contributed by atoms with Crippen LogP contribution in [-0.4, -0.2) is 82.5 Å². The molecule has 10 nitrogen and oxygen atoms in total. The molecule has 0 spiro atoms. The smallest absolute Gasteiger partial charge is 0.405 e. The van der Waals surface area contributed by atoms with E-state index in [1.54, 1.807) is 28.1 Å². The second-order valence-electron chi connectivity index (χ2n) is 6.85. The molecule has 2 rings (SSSR count). The van der Waals surface area contributed by atoms with Crippen LogP contribution in [0.5, 0.6) is 0 Å². The van der Waals surface area contributed by atoms with Gasteiger partial charge in [-0.3, -0.25) is 19.4 Å². The molecule has 1 aliphatic heterocycles. The lowest BCUT2D eigenvalue weighted by Gasteiger charge is -2.36. The van der Waals surface area contributed by atoms with Crippen molar-refractivity contribution in [3.63, 3.8) is 0 Å². The Kier molecular flexibility index (Phi) is 8.79. The lowest BCUT2D eigenvalue weighted by molar-refractivity contribution is -0.135. The second kappa shape index (κ2) is 11.5. The van der Waals surface area contributed by atoms with Crippen molar-refractivity contribution in [2.75, 3.05) is 32.7 Å². The third-order valence-electron chi connectivity index (χ3n) is 4.79. The molecule has 1 saturated heterocycles. The summed E-state index contributed by atoms with van der Waals surface area (Å²) >= 11 is 0. The fraction of sp³-hybridized carbons (Fsp3) is 0.450. The van der Waals surface area contributed by atoms with E-state index in [4.69, 9.17) is 5.11 Å². The first-order valence-corrected chi connectivity index (χ1v) is 9.80. The van der Waals surface area contributed by atoms with Gasteiger partial charge in [0.05, 0.1) is 5.56 Å². The third-order valence-corrected chi connectivity index (χ3v) is 4.79. The average Bonchev–Trinajstić information content (AvgIpc) is 2.77. The van der Waals surface area contributed by atoms with E-state index in [9.17, 15) is 19.2 Å². The van der Waals surface area contributed by atoms with Gasteiger partial charge in [0.15, 0.2) is 0 Å². The van der Waals surface area contributed by atoms with Crippen molar-refractivity contribution in [2.45, 2.75) is 25.3 Å². The van der Waals surface area contributed by atoms with Crippen molar-refractivity contribution in [2.24, 2.45) is 0 Å². The predicted octanol–water partition coefficient (Wildman–Crippen LogP) is 0.475. The molecular weight excluding hydrogens is 390 g/mol. The average molecular weight is 417 g/mol. The number of unbranched alkanes of at least 4 members (excludes halogenated alkanes) is 1. The molecule has 1 fully saturated rings. The summed E-state index contributed by atoms with van der Waals surface area (Å²) < 4.78 is 0. The predicted molar refractivity (Wildman–Crippen MR) is 109 cm³/mol. The molecule has 0 aliphatic carbocycles. The maximum Gasteiger partial charge on any atom is 0.405 e. The highest BCUT2D eigenvalue weighted by Crippen LogP contribution is 2.11. The number of nitrogens with zero attached hydrogens (tertiary/aromatic N) is 3. The number of piperazine rings is 1. The Hall–Kier alpha value is -3.43. The van der Waals surface area contributed by atoms with Gasteiger partial charge in [-0.2, -0.15) is 0 Å². The Bertz CT molecular complexity index is 762. The molecule has 0 bridgehead atoms. The highest BCUT2D eigenvalue weighted by molar-refractivity contribution is 5.94. The van der Waals surface area contributed by atoms with Crippen LogP contribution in [0.3, 0.4) is 0 Å². The molecule has 162 valence electrons. The standard InChI is InChI=1S/C20H27N5O5/c1-2-17(26)22-9-4-3-7-16(23-20(29)30)19(28)25-12-10-24(11-13-25)18(27)15-6-5-8-21-14-15/h2,5-6,8,14,16,23H,1,3-4,7,9-13H2,(H,22,26)(H,29,30). The minimum atomic E-state index is -1.27. The van der Waals surface area contributed by atoms with Crippen LogP contribution in [0.4, 0.5) is 4.79 Å².